The second-order valence-corrected chi connectivity index (χ2v) is 10.0. The lowest BCUT2D eigenvalue weighted by molar-refractivity contribution is -0.139. The zero-order valence-corrected chi connectivity index (χ0v) is 21.6. The van der Waals surface area contributed by atoms with Crippen molar-refractivity contribution in [2.24, 2.45) is 5.92 Å². The Kier molecular flexibility index (Phi) is 7.92. The Morgan fingerprint density at radius 2 is 1.79 bits per heavy atom. The molecule has 38 heavy (non-hydrogen) atoms. The summed E-state index contributed by atoms with van der Waals surface area (Å²) in [6, 6.07) is 14.3. The third kappa shape index (κ3) is 5.75. The highest BCUT2D eigenvalue weighted by Crippen LogP contribution is 2.45. The van der Waals surface area contributed by atoms with Crippen LogP contribution in [-0.4, -0.2) is 32.3 Å². The predicted molar refractivity (Wildman–Crippen MR) is 141 cm³/mol. The SMILES string of the molecule is C=C(C)C(=C)[C@H](c1cnn(-c2ccccc2)c1C)N1CC[C@@H](CC(=O)O)C[C@H]1c1ccc(C(F)(F)F)cc1. The molecule has 1 N–H and O–H groups in total. The van der Waals surface area contributed by atoms with Crippen molar-refractivity contribution in [1.82, 2.24) is 14.7 Å². The molecule has 200 valence electrons. The molecule has 5 nitrogen and oxygen atoms in total. The van der Waals surface area contributed by atoms with Crippen LogP contribution < -0.4 is 0 Å². The second kappa shape index (κ2) is 11.0. The lowest BCUT2D eigenvalue weighted by Gasteiger charge is -2.45. The van der Waals surface area contributed by atoms with Gasteiger partial charge in [-0.05, 0) is 74.6 Å². The van der Waals surface area contributed by atoms with Gasteiger partial charge in [0, 0.05) is 23.7 Å². The van der Waals surface area contributed by atoms with E-state index < -0.39 is 17.7 Å². The maximum atomic E-state index is 13.3. The average Bonchev–Trinajstić information content (AvgIpc) is 3.25. The summed E-state index contributed by atoms with van der Waals surface area (Å²) >= 11 is 0. The van der Waals surface area contributed by atoms with Crippen LogP contribution >= 0.6 is 0 Å². The summed E-state index contributed by atoms with van der Waals surface area (Å²) in [6.07, 6.45) is -1.45. The van der Waals surface area contributed by atoms with E-state index in [4.69, 9.17) is 0 Å². The van der Waals surface area contributed by atoms with Gasteiger partial charge >= 0.3 is 12.1 Å². The molecule has 0 aliphatic carbocycles. The number of nitrogens with zero attached hydrogens (tertiary/aromatic N) is 3. The van der Waals surface area contributed by atoms with Crippen molar-refractivity contribution < 1.29 is 23.1 Å². The van der Waals surface area contributed by atoms with Gasteiger partial charge in [-0.25, -0.2) is 4.68 Å². The highest BCUT2D eigenvalue weighted by Gasteiger charge is 2.38. The Morgan fingerprint density at radius 3 is 2.37 bits per heavy atom. The molecule has 4 rings (SSSR count). The van der Waals surface area contributed by atoms with Gasteiger partial charge in [0.25, 0.3) is 0 Å². The Balaban J connectivity index is 1.79. The smallest absolute Gasteiger partial charge is 0.416 e. The minimum Gasteiger partial charge on any atom is -0.481 e. The number of carboxylic acids is 1. The quantitative estimate of drug-likeness (QED) is 0.315. The number of carbonyl (C=O) groups is 1. The summed E-state index contributed by atoms with van der Waals surface area (Å²) in [6.45, 7) is 12.9. The number of alkyl halides is 3. The van der Waals surface area contributed by atoms with E-state index in [1.165, 1.54) is 12.1 Å². The first-order valence-electron chi connectivity index (χ1n) is 12.6. The van der Waals surface area contributed by atoms with Gasteiger partial charge in [0.1, 0.15) is 0 Å². The van der Waals surface area contributed by atoms with Crippen LogP contribution in [0.2, 0.25) is 0 Å². The molecule has 1 aliphatic heterocycles. The lowest BCUT2D eigenvalue weighted by atomic mass is 9.82. The van der Waals surface area contributed by atoms with Gasteiger partial charge in [-0.1, -0.05) is 49.1 Å². The molecule has 0 saturated carbocycles. The van der Waals surface area contributed by atoms with Gasteiger partial charge in [-0.3, -0.25) is 9.69 Å². The predicted octanol–water partition coefficient (Wildman–Crippen LogP) is 7.30. The van der Waals surface area contributed by atoms with E-state index in [0.29, 0.717) is 24.9 Å². The topological polar surface area (TPSA) is 58.4 Å². The lowest BCUT2D eigenvalue weighted by Crippen LogP contribution is -2.41. The van der Waals surface area contributed by atoms with Crippen LogP contribution in [0, 0.1) is 12.8 Å². The van der Waals surface area contributed by atoms with Crippen LogP contribution in [0.1, 0.15) is 60.7 Å². The summed E-state index contributed by atoms with van der Waals surface area (Å²) in [4.78, 5) is 13.7. The number of aromatic nitrogens is 2. The molecule has 1 aromatic heterocycles. The molecule has 1 aliphatic rings. The Hall–Kier alpha value is -3.65. The van der Waals surface area contributed by atoms with Gasteiger partial charge in [-0.2, -0.15) is 18.3 Å². The zero-order valence-electron chi connectivity index (χ0n) is 21.6. The molecule has 0 radical (unpaired) electrons. The maximum Gasteiger partial charge on any atom is 0.416 e. The van der Waals surface area contributed by atoms with Crippen molar-refractivity contribution in [3.8, 4) is 5.69 Å². The molecule has 0 spiro atoms. The van der Waals surface area contributed by atoms with E-state index in [2.05, 4.69) is 23.2 Å². The molecule has 0 unspecified atom stereocenters. The first-order valence-corrected chi connectivity index (χ1v) is 12.6. The van der Waals surface area contributed by atoms with E-state index in [9.17, 15) is 23.1 Å². The average molecular weight is 524 g/mol. The number of piperidine rings is 1. The van der Waals surface area contributed by atoms with E-state index in [1.807, 2.05) is 55.1 Å². The molecule has 2 aromatic carbocycles. The molecule has 1 saturated heterocycles. The second-order valence-electron chi connectivity index (χ2n) is 10.0. The van der Waals surface area contributed by atoms with Crippen molar-refractivity contribution in [1.29, 1.82) is 0 Å². The Bertz CT molecular complexity index is 1310. The van der Waals surface area contributed by atoms with Crippen molar-refractivity contribution >= 4 is 5.97 Å². The number of rotatable bonds is 8. The third-order valence-corrected chi connectivity index (χ3v) is 7.39. The van der Waals surface area contributed by atoms with E-state index in [0.717, 1.165) is 40.2 Å². The van der Waals surface area contributed by atoms with E-state index >= 15 is 0 Å². The van der Waals surface area contributed by atoms with Gasteiger partial charge in [-0.15, -0.1) is 0 Å². The Morgan fingerprint density at radius 1 is 1.13 bits per heavy atom. The molecule has 0 bridgehead atoms. The highest BCUT2D eigenvalue weighted by molar-refractivity contribution is 5.67. The van der Waals surface area contributed by atoms with Crippen LogP contribution in [0.4, 0.5) is 13.2 Å². The molecular weight excluding hydrogens is 491 g/mol. The summed E-state index contributed by atoms with van der Waals surface area (Å²) < 4.78 is 41.7. The van der Waals surface area contributed by atoms with Crippen LogP contribution in [0.15, 0.2) is 85.1 Å². The molecular formula is C30H32F3N3O2. The molecule has 3 atom stereocenters. The van der Waals surface area contributed by atoms with Crippen molar-refractivity contribution in [2.75, 3.05) is 6.54 Å². The minimum absolute atomic E-state index is 0.0159. The van der Waals surface area contributed by atoms with Crippen molar-refractivity contribution in [3.05, 3.63) is 107 Å². The van der Waals surface area contributed by atoms with Crippen LogP contribution in [-0.2, 0) is 11.0 Å². The first kappa shape index (κ1) is 27.4. The number of benzene rings is 2. The highest BCUT2D eigenvalue weighted by atomic mass is 19.4. The number of hydrogen-bond donors (Lipinski definition) is 1. The van der Waals surface area contributed by atoms with Gasteiger partial charge in [0.05, 0.1) is 23.5 Å². The number of carboxylic acid groups (broad SMARTS) is 1. The van der Waals surface area contributed by atoms with Crippen LogP contribution in [0.3, 0.4) is 0 Å². The summed E-state index contributed by atoms with van der Waals surface area (Å²) in [5.74, 6) is -0.972. The standard InChI is InChI=1S/C30H32F3N3O2/c1-19(2)20(3)29(26-18-34-36(21(26)4)25-8-6-5-7-9-25)35-15-14-22(17-28(37)38)16-27(35)23-10-12-24(13-11-23)30(31,32)33/h5-13,18,22,27,29H,1,3,14-17H2,2,4H3,(H,37,38)/t22-,27+,29-/m1/s1. The molecule has 8 heteroatoms. The summed E-state index contributed by atoms with van der Waals surface area (Å²) in [7, 11) is 0. The fraction of sp³-hybridized carbons (Fsp3) is 0.333. The van der Waals surface area contributed by atoms with Crippen LogP contribution in [0.5, 0.6) is 0 Å². The normalized spacial score (nSPS) is 19.2. The maximum absolute atomic E-state index is 13.3. The molecule has 3 aromatic rings. The van der Waals surface area contributed by atoms with Gasteiger partial charge in [0.2, 0.25) is 0 Å². The van der Waals surface area contributed by atoms with E-state index in [-0.39, 0.29) is 24.4 Å². The zero-order chi connectivity index (χ0) is 27.6. The number of aliphatic carboxylic acids is 1. The number of likely N-dealkylation sites (tertiary alicyclic amines) is 1. The molecule has 2 heterocycles. The fourth-order valence-corrected chi connectivity index (χ4v) is 5.34. The Labute approximate surface area is 220 Å². The fourth-order valence-electron chi connectivity index (χ4n) is 5.34. The van der Waals surface area contributed by atoms with Crippen molar-refractivity contribution in [3.63, 3.8) is 0 Å². The van der Waals surface area contributed by atoms with E-state index in [1.54, 1.807) is 0 Å². The summed E-state index contributed by atoms with van der Waals surface area (Å²) in [5.41, 5.74) is 4.33. The third-order valence-electron chi connectivity index (χ3n) is 7.39. The molecule has 1 fully saturated rings. The number of halogens is 3. The first-order chi connectivity index (χ1) is 18.0. The number of para-hydroxylation sites is 1. The largest absolute Gasteiger partial charge is 0.481 e. The monoisotopic (exact) mass is 523 g/mol. The summed E-state index contributed by atoms with van der Waals surface area (Å²) in [5, 5.41) is 14.1. The number of hydrogen-bond acceptors (Lipinski definition) is 3. The minimum atomic E-state index is -4.43. The van der Waals surface area contributed by atoms with Gasteiger partial charge in [0.15, 0.2) is 0 Å². The molecule has 0 amide bonds. The van der Waals surface area contributed by atoms with Gasteiger partial charge < -0.3 is 5.11 Å². The van der Waals surface area contributed by atoms with Crippen LogP contribution in [0.25, 0.3) is 5.69 Å². The van der Waals surface area contributed by atoms with Crippen molar-refractivity contribution in [2.45, 2.75) is 51.4 Å².